The smallest absolute Gasteiger partial charge is 0.264 e. The molecule has 3 aliphatic heterocycles. The highest BCUT2D eigenvalue weighted by molar-refractivity contribution is 7.12. The van der Waals surface area contributed by atoms with Crippen molar-refractivity contribution in [1.82, 2.24) is 20.5 Å². The topological polar surface area (TPSA) is 119 Å². The fraction of sp³-hybridized carbons (Fsp3) is 0.250. The van der Waals surface area contributed by atoms with Crippen molar-refractivity contribution in [3.63, 3.8) is 0 Å². The van der Waals surface area contributed by atoms with E-state index in [9.17, 15) is 14.4 Å². The maximum Gasteiger partial charge on any atom is 0.264 e. The van der Waals surface area contributed by atoms with E-state index < -0.39 is 12.1 Å². The first kappa shape index (κ1) is 28.2. The molecule has 4 aromatic rings. The van der Waals surface area contributed by atoms with Crippen LogP contribution in [0.2, 0.25) is 0 Å². The third kappa shape index (κ3) is 6.17. The van der Waals surface area contributed by atoms with Crippen LogP contribution in [0.1, 0.15) is 31.2 Å². The highest BCUT2D eigenvalue weighted by atomic mass is 32.1. The molecular weight excluding hydrogens is 568 g/mol. The van der Waals surface area contributed by atoms with Crippen LogP contribution in [-0.4, -0.2) is 66.6 Å². The van der Waals surface area contributed by atoms with Crippen LogP contribution in [0.5, 0.6) is 17.2 Å². The van der Waals surface area contributed by atoms with Gasteiger partial charge in [0.1, 0.15) is 23.4 Å². The number of pyridine rings is 1. The predicted octanol–water partition coefficient (Wildman–Crippen LogP) is 3.84. The molecule has 0 aliphatic carbocycles. The molecule has 2 aromatic carbocycles. The second-order valence-electron chi connectivity index (χ2n) is 10.4. The number of benzene rings is 2. The minimum absolute atomic E-state index is 0.0993. The van der Waals surface area contributed by atoms with E-state index in [1.54, 1.807) is 48.5 Å². The summed E-state index contributed by atoms with van der Waals surface area (Å²) >= 11 is 1.40. The molecule has 7 rings (SSSR count). The molecule has 1 fully saturated rings. The maximum atomic E-state index is 13.5. The molecule has 3 amide bonds. The normalized spacial score (nSPS) is 18.5. The van der Waals surface area contributed by atoms with Gasteiger partial charge < -0.3 is 29.7 Å². The van der Waals surface area contributed by atoms with Gasteiger partial charge in [-0.05, 0) is 59.8 Å². The van der Waals surface area contributed by atoms with Crippen molar-refractivity contribution in [1.29, 1.82) is 0 Å². The van der Waals surface area contributed by atoms with E-state index in [4.69, 9.17) is 14.2 Å². The number of thiophene rings is 1. The summed E-state index contributed by atoms with van der Waals surface area (Å²) < 4.78 is 17.7. The van der Waals surface area contributed by atoms with Crippen LogP contribution >= 0.6 is 11.3 Å². The van der Waals surface area contributed by atoms with Crippen molar-refractivity contribution < 1.29 is 28.6 Å². The van der Waals surface area contributed by atoms with Crippen LogP contribution < -0.4 is 24.8 Å². The Labute approximate surface area is 252 Å². The Morgan fingerprint density at radius 1 is 1.02 bits per heavy atom. The summed E-state index contributed by atoms with van der Waals surface area (Å²) in [6, 6.07) is 15.8. The van der Waals surface area contributed by atoms with Gasteiger partial charge in [0.25, 0.3) is 17.7 Å². The number of methoxy groups -OCH3 is 1. The van der Waals surface area contributed by atoms with E-state index in [0.717, 1.165) is 16.7 Å². The van der Waals surface area contributed by atoms with Crippen molar-refractivity contribution >= 4 is 29.1 Å². The third-order valence-corrected chi connectivity index (χ3v) is 8.49. The summed E-state index contributed by atoms with van der Waals surface area (Å²) in [5, 5.41) is 7.84. The second kappa shape index (κ2) is 12.1. The summed E-state index contributed by atoms with van der Waals surface area (Å²) in [6.45, 7) is 2.53. The summed E-state index contributed by atoms with van der Waals surface area (Å²) in [5.41, 5.74) is 3.53. The molecular formula is C32H30N4O6S. The first-order valence-corrected chi connectivity index (χ1v) is 14.7. The third-order valence-electron chi connectivity index (χ3n) is 7.49. The highest BCUT2D eigenvalue weighted by Crippen LogP contribution is 2.29. The Balaban J connectivity index is 1.35. The summed E-state index contributed by atoms with van der Waals surface area (Å²) in [6.07, 6.45) is 2.64. The molecule has 43 heavy (non-hydrogen) atoms. The lowest BCUT2D eigenvalue weighted by Crippen LogP contribution is -2.45. The molecule has 220 valence electrons. The Hall–Kier alpha value is -4.90. The molecule has 5 heterocycles. The van der Waals surface area contributed by atoms with Gasteiger partial charge >= 0.3 is 0 Å². The number of nitrogens with one attached hydrogen (secondary N) is 2. The number of amides is 3. The van der Waals surface area contributed by atoms with Gasteiger partial charge in [0, 0.05) is 42.7 Å². The monoisotopic (exact) mass is 598 g/mol. The van der Waals surface area contributed by atoms with E-state index in [2.05, 4.69) is 15.6 Å². The van der Waals surface area contributed by atoms with Crippen LogP contribution in [0.15, 0.2) is 72.4 Å². The van der Waals surface area contributed by atoms with E-state index >= 15 is 0 Å². The number of rotatable bonds is 2. The Bertz CT molecular complexity index is 1690. The molecule has 3 aliphatic rings. The summed E-state index contributed by atoms with van der Waals surface area (Å²) in [4.78, 5) is 46.2. The number of aromatic nitrogens is 1. The first-order chi connectivity index (χ1) is 20.9. The first-order valence-electron chi connectivity index (χ1n) is 13.8. The molecule has 0 radical (unpaired) electrons. The number of ether oxygens (including phenoxy) is 3. The van der Waals surface area contributed by atoms with E-state index in [0.29, 0.717) is 33.3 Å². The number of nitrogens with zero attached hydrogens (tertiary/aromatic N) is 2. The molecule has 6 bridgehead atoms. The molecule has 0 spiro atoms. The molecule has 11 heteroatoms. The average Bonchev–Trinajstić information content (AvgIpc) is 3.64. The Kier molecular flexibility index (Phi) is 7.97. The minimum atomic E-state index is -0.529. The van der Waals surface area contributed by atoms with E-state index in [-0.39, 0.29) is 44.0 Å². The quantitative estimate of drug-likeness (QED) is 0.360. The minimum Gasteiger partial charge on any atom is -0.496 e. The molecule has 0 saturated carbocycles. The Morgan fingerprint density at radius 3 is 2.70 bits per heavy atom. The van der Waals surface area contributed by atoms with Gasteiger partial charge in [-0.3, -0.25) is 19.4 Å². The molecule has 2 N–H and O–H groups in total. The Morgan fingerprint density at radius 2 is 1.88 bits per heavy atom. The van der Waals surface area contributed by atoms with Crippen LogP contribution in [0.25, 0.3) is 11.1 Å². The lowest BCUT2D eigenvalue weighted by molar-refractivity contribution is -0.123. The molecule has 0 unspecified atom stereocenters. The number of carbonyl (C=O) groups excluding carboxylic acids is 3. The van der Waals surface area contributed by atoms with Gasteiger partial charge in [-0.1, -0.05) is 12.1 Å². The number of aryl methyl sites for hydroxylation is 1. The van der Waals surface area contributed by atoms with Crippen molar-refractivity contribution in [2.75, 3.05) is 26.8 Å². The van der Waals surface area contributed by atoms with Crippen molar-refractivity contribution in [3.8, 4) is 28.4 Å². The largest absolute Gasteiger partial charge is 0.496 e. The van der Waals surface area contributed by atoms with Crippen LogP contribution in [-0.2, 0) is 11.3 Å². The van der Waals surface area contributed by atoms with Crippen LogP contribution in [0, 0.1) is 6.92 Å². The van der Waals surface area contributed by atoms with Gasteiger partial charge in [-0.2, -0.15) is 0 Å². The average molecular weight is 599 g/mol. The van der Waals surface area contributed by atoms with E-state index in [1.807, 2.05) is 36.6 Å². The number of likely N-dealkylation sites (tertiary alicyclic amines) is 1. The summed E-state index contributed by atoms with van der Waals surface area (Å²) in [5.74, 6) is 0.832. The molecule has 10 nitrogen and oxygen atoms in total. The lowest BCUT2D eigenvalue weighted by Gasteiger charge is -2.22. The van der Waals surface area contributed by atoms with Gasteiger partial charge in [-0.25, -0.2) is 0 Å². The van der Waals surface area contributed by atoms with Gasteiger partial charge in [0.05, 0.1) is 30.1 Å². The fourth-order valence-electron chi connectivity index (χ4n) is 5.19. The molecule has 2 atom stereocenters. The van der Waals surface area contributed by atoms with Crippen molar-refractivity contribution in [2.45, 2.75) is 25.6 Å². The number of fused-ring (bicyclic) bond motifs is 7. The van der Waals surface area contributed by atoms with Gasteiger partial charge in [-0.15, -0.1) is 11.3 Å². The van der Waals surface area contributed by atoms with E-state index in [1.165, 1.54) is 17.5 Å². The number of carbonyl (C=O) groups is 3. The summed E-state index contributed by atoms with van der Waals surface area (Å²) in [7, 11) is 1.55. The SMILES string of the molecule is COc1cc2ccc1CNC(=O)COc1cccc(c1)-c1cncc(c1)C(=O)N[C@H]1CN(C(=O)c3sccc3C)C[C@@H]1O2. The maximum absolute atomic E-state index is 13.5. The van der Waals surface area contributed by atoms with Crippen LogP contribution in [0.4, 0.5) is 0 Å². The zero-order valence-corrected chi connectivity index (χ0v) is 24.5. The standard InChI is InChI=1S/C32H30N4O6S/c1-19-8-9-43-30(19)32(39)36-16-26-28(17-36)42-25-7-6-21(27(12-25)40-2)15-34-29(37)18-41-24-5-3-4-20(11-24)22-10-23(14-33-13-22)31(38)35-26/h3-14,26,28H,15-18H2,1-2H3,(H,34,37)(H,35,38)/t26-,28-/m0/s1. The van der Waals surface area contributed by atoms with Crippen molar-refractivity contribution in [2.24, 2.45) is 0 Å². The lowest BCUT2D eigenvalue weighted by atomic mass is 10.1. The molecule has 1 saturated heterocycles. The number of hydrogen-bond donors (Lipinski definition) is 2. The van der Waals surface area contributed by atoms with Crippen molar-refractivity contribution in [3.05, 3.63) is 93.9 Å². The molecule has 2 aromatic heterocycles. The zero-order valence-electron chi connectivity index (χ0n) is 23.7. The fourth-order valence-corrected chi connectivity index (χ4v) is 6.08. The van der Waals surface area contributed by atoms with Crippen LogP contribution in [0.3, 0.4) is 0 Å². The number of hydrogen-bond acceptors (Lipinski definition) is 8. The van der Waals surface area contributed by atoms with Gasteiger partial charge in [0.2, 0.25) is 0 Å². The predicted molar refractivity (Wildman–Crippen MR) is 161 cm³/mol. The van der Waals surface area contributed by atoms with Gasteiger partial charge in [0.15, 0.2) is 6.61 Å². The second-order valence-corrected chi connectivity index (χ2v) is 11.3. The zero-order chi connectivity index (χ0) is 29.9. The highest BCUT2D eigenvalue weighted by Gasteiger charge is 2.39.